The van der Waals surface area contributed by atoms with E-state index >= 15 is 0 Å². The number of hydrogen-bond donors (Lipinski definition) is 0. The van der Waals surface area contributed by atoms with E-state index in [4.69, 9.17) is 4.74 Å². The summed E-state index contributed by atoms with van der Waals surface area (Å²) >= 11 is 0. The van der Waals surface area contributed by atoms with Crippen LogP contribution in [-0.4, -0.2) is 45.9 Å². The van der Waals surface area contributed by atoms with Crippen LogP contribution in [0.25, 0.3) is 0 Å². The molecule has 0 bridgehead atoms. The molecule has 1 amide bonds. The van der Waals surface area contributed by atoms with Crippen LogP contribution in [0.3, 0.4) is 0 Å². The van der Waals surface area contributed by atoms with Crippen molar-refractivity contribution in [2.75, 3.05) is 13.6 Å². The molecule has 0 spiro atoms. The van der Waals surface area contributed by atoms with Crippen LogP contribution in [0.15, 0.2) is 18.5 Å². The highest BCUT2D eigenvalue weighted by atomic mass is 16.6. The van der Waals surface area contributed by atoms with Crippen molar-refractivity contribution in [3.05, 3.63) is 24.3 Å². The van der Waals surface area contributed by atoms with Crippen molar-refractivity contribution >= 4 is 11.9 Å². The molecular formula is C26H41N3O3. The van der Waals surface area contributed by atoms with Gasteiger partial charge in [0.1, 0.15) is 17.2 Å². The van der Waals surface area contributed by atoms with Crippen molar-refractivity contribution in [3.8, 4) is 0 Å². The number of carbonyl (C=O) groups is 2. The zero-order chi connectivity index (χ0) is 23.1. The predicted molar refractivity (Wildman–Crippen MR) is 125 cm³/mol. The minimum Gasteiger partial charge on any atom is -0.444 e. The Bertz CT molecular complexity index is 730. The molecule has 0 aliphatic heterocycles. The van der Waals surface area contributed by atoms with Crippen molar-refractivity contribution in [2.24, 2.45) is 17.8 Å². The Labute approximate surface area is 193 Å². The summed E-state index contributed by atoms with van der Waals surface area (Å²) in [5.74, 6) is 3.27. The first kappa shape index (κ1) is 24.7. The minimum atomic E-state index is -0.468. The third-order valence-corrected chi connectivity index (χ3v) is 7.14. The fourth-order valence-electron chi connectivity index (χ4n) is 5.25. The molecule has 6 heteroatoms. The van der Waals surface area contributed by atoms with E-state index in [0.717, 1.165) is 57.2 Å². The maximum Gasteiger partial charge on any atom is 0.410 e. The second-order valence-electron chi connectivity index (χ2n) is 10.9. The Morgan fingerprint density at radius 2 is 1.56 bits per heavy atom. The molecule has 0 unspecified atom stereocenters. The summed E-state index contributed by atoms with van der Waals surface area (Å²) in [5.41, 5.74) is -0.468. The van der Waals surface area contributed by atoms with Gasteiger partial charge >= 0.3 is 6.09 Å². The third kappa shape index (κ3) is 7.56. The van der Waals surface area contributed by atoms with E-state index in [1.54, 1.807) is 4.90 Å². The molecule has 0 radical (unpaired) electrons. The first-order chi connectivity index (χ1) is 15.2. The molecule has 2 aliphatic carbocycles. The first-order valence-electron chi connectivity index (χ1n) is 12.4. The molecule has 1 aromatic heterocycles. The van der Waals surface area contributed by atoms with Gasteiger partial charge in [-0.2, -0.15) is 0 Å². The summed E-state index contributed by atoms with van der Waals surface area (Å²) in [6, 6.07) is 1.87. The van der Waals surface area contributed by atoms with Gasteiger partial charge in [0.2, 0.25) is 0 Å². The smallest absolute Gasteiger partial charge is 0.410 e. The van der Waals surface area contributed by atoms with Gasteiger partial charge in [-0.05, 0) is 96.5 Å². The number of ketones is 1. The number of hydrogen-bond acceptors (Lipinski definition) is 5. The first-order valence-corrected chi connectivity index (χ1v) is 12.4. The fourth-order valence-corrected chi connectivity index (χ4v) is 5.25. The summed E-state index contributed by atoms with van der Waals surface area (Å²) < 4.78 is 5.45. The molecule has 178 valence electrons. The molecule has 2 fully saturated rings. The summed E-state index contributed by atoms with van der Waals surface area (Å²) in [7, 11) is 1.81. The van der Waals surface area contributed by atoms with Crippen molar-refractivity contribution < 1.29 is 14.3 Å². The van der Waals surface area contributed by atoms with E-state index in [0.29, 0.717) is 30.1 Å². The molecular weight excluding hydrogens is 402 g/mol. The van der Waals surface area contributed by atoms with Gasteiger partial charge in [0.05, 0.1) is 0 Å². The number of Topliss-reactive ketones (excluding diaryl/α,β-unsaturated/α-hetero) is 1. The van der Waals surface area contributed by atoms with E-state index in [1.807, 2.05) is 46.3 Å². The van der Waals surface area contributed by atoms with E-state index in [1.165, 1.54) is 12.8 Å². The van der Waals surface area contributed by atoms with Crippen LogP contribution in [0.1, 0.15) is 96.7 Å². The zero-order valence-electron chi connectivity index (χ0n) is 20.4. The molecule has 32 heavy (non-hydrogen) atoms. The van der Waals surface area contributed by atoms with E-state index < -0.39 is 5.60 Å². The zero-order valence-corrected chi connectivity index (χ0v) is 20.4. The summed E-state index contributed by atoms with van der Waals surface area (Å²) in [6.45, 7) is 6.38. The lowest BCUT2D eigenvalue weighted by molar-refractivity contribution is -0.124. The highest BCUT2D eigenvalue weighted by Crippen LogP contribution is 2.37. The Morgan fingerprint density at radius 1 is 0.969 bits per heavy atom. The maximum atomic E-state index is 12.8. The molecule has 2 aliphatic rings. The lowest BCUT2D eigenvalue weighted by atomic mass is 9.76. The lowest BCUT2D eigenvalue weighted by Gasteiger charge is -2.32. The van der Waals surface area contributed by atoms with E-state index in [2.05, 4.69) is 9.97 Å². The van der Waals surface area contributed by atoms with Crippen LogP contribution in [-0.2, 0) is 9.53 Å². The normalized spacial score (nSPS) is 26.4. The van der Waals surface area contributed by atoms with Crippen LogP contribution in [0.5, 0.6) is 0 Å². The topological polar surface area (TPSA) is 72.4 Å². The van der Waals surface area contributed by atoms with E-state index in [-0.39, 0.29) is 12.0 Å². The van der Waals surface area contributed by atoms with Gasteiger partial charge < -0.3 is 9.64 Å². The van der Waals surface area contributed by atoms with Gasteiger partial charge in [-0.15, -0.1) is 0 Å². The van der Waals surface area contributed by atoms with Crippen LogP contribution < -0.4 is 0 Å². The number of amides is 1. The largest absolute Gasteiger partial charge is 0.444 e. The van der Waals surface area contributed by atoms with Crippen molar-refractivity contribution in [3.63, 3.8) is 0 Å². The van der Waals surface area contributed by atoms with Crippen molar-refractivity contribution in [1.82, 2.24) is 14.9 Å². The summed E-state index contributed by atoms with van der Waals surface area (Å²) in [5, 5.41) is 0. The highest BCUT2D eigenvalue weighted by molar-refractivity contribution is 5.81. The molecule has 1 heterocycles. The quantitative estimate of drug-likeness (QED) is 0.535. The third-order valence-electron chi connectivity index (χ3n) is 7.14. The summed E-state index contributed by atoms with van der Waals surface area (Å²) in [4.78, 5) is 35.5. The van der Waals surface area contributed by atoms with Gasteiger partial charge in [-0.1, -0.05) is 0 Å². The van der Waals surface area contributed by atoms with Gasteiger partial charge in [-0.3, -0.25) is 4.79 Å². The predicted octanol–water partition coefficient (Wildman–Crippen LogP) is 5.77. The van der Waals surface area contributed by atoms with Gasteiger partial charge in [0.15, 0.2) is 0 Å². The Kier molecular flexibility index (Phi) is 8.66. The molecule has 0 saturated heterocycles. The average molecular weight is 444 g/mol. The molecule has 6 nitrogen and oxygen atoms in total. The molecule has 1 aromatic rings. The number of nitrogens with zero attached hydrogens (tertiary/aromatic N) is 3. The molecule has 0 N–H and O–H groups in total. The van der Waals surface area contributed by atoms with Crippen LogP contribution in [0.2, 0.25) is 0 Å². The molecule has 0 atom stereocenters. The number of aromatic nitrogens is 2. The standard InChI is InChI=1S/C26H41N3O3/c1-26(2,3)32-25(31)29(4)18-20-8-11-21(12-9-20)23(30)15-10-19-6-13-22(14-7-19)24-27-16-5-17-28-24/h5,16-17,19-22H,6-15,18H2,1-4H3. The Hall–Kier alpha value is -1.98. The second-order valence-corrected chi connectivity index (χ2v) is 10.9. The summed E-state index contributed by atoms with van der Waals surface area (Å²) in [6.07, 6.45) is 13.8. The Balaban J connectivity index is 1.32. The van der Waals surface area contributed by atoms with Crippen LogP contribution in [0.4, 0.5) is 4.79 Å². The molecule has 0 aromatic carbocycles. The number of rotatable bonds is 7. The molecule has 2 saturated carbocycles. The monoisotopic (exact) mass is 443 g/mol. The fraction of sp³-hybridized carbons (Fsp3) is 0.769. The number of ether oxygens (including phenoxy) is 1. The maximum absolute atomic E-state index is 12.8. The van der Waals surface area contributed by atoms with E-state index in [9.17, 15) is 9.59 Å². The van der Waals surface area contributed by atoms with Crippen molar-refractivity contribution in [2.45, 2.75) is 96.5 Å². The number of carbonyl (C=O) groups excluding carboxylic acids is 2. The van der Waals surface area contributed by atoms with Gasteiger partial charge in [0, 0.05) is 44.2 Å². The lowest BCUT2D eigenvalue weighted by Crippen LogP contribution is -2.38. The highest BCUT2D eigenvalue weighted by Gasteiger charge is 2.30. The Morgan fingerprint density at radius 3 is 2.16 bits per heavy atom. The minimum absolute atomic E-state index is 0.215. The second kappa shape index (κ2) is 11.2. The van der Waals surface area contributed by atoms with Crippen LogP contribution >= 0.6 is 0 Å². The SMILES string of the molecule is CN(CC1CCC(C(=O)CCC2CCC(c3ncccn3)CC2)CC1)C(=O)OC(C)(C)C. The van der Waals surface area contributed by atoms with Gasteiger partial charge in [-0.25, -0.2) is 14.8 Å². The average Bonchev–Trinajstić information content (AvgIpc) is 2.78. The van der Waals surface area contributed by atoms with Crippen LogP contribution in [0, 0.1) is 17.8 Å². The molecule has 3 rings (SSSR count). The van der Waals surface area contributed by atoms with Gasteiger partial charge in [0.25, 0.3) is 0 Å². The van der Waals surface area contributed by atoms with Crippen molar-refractivity contribution in [1.29, 1.82) is 0 Å².